The third kappa shape index (κ3) is 7.31. The Morgan fingerprint density at radius 2 is 1.88 bits per heavy atom. The molecule has 1 aromatic carbocycles. The fraction of sp³-hybridized carbons (Fsp3) is 0.474. The summed E-state index contributed by atoms with van der Waals surface area (Å²) in [6, 6.07) is 8.56. The van der Waals surface area contributed by atoms with Gasteiger partial charge in [0.05, 0.1) is 0 Å². The Hall–Kier alpha value is -2.30. The lowest BCUT2D eigenvalue weighted by Gasteiger charge is -2.27. The highest BCUT2D eigenvalue weighted by Gasteiger charge is 2.31. The van der Waals surface area contributed by atoms with E-state index in [1.165, 1.54) is 0 Å². The SMILES string of the molecule is C=CC[C@@H](C)[C@H](NC(=O)OCc1ccccc1)C(=O)OC(C)(C)C. The Morgan fingerprint density at radius 1 is 1.25 bits per heavy atom. The van der Waals surface area contributed by atoms with E-state index in [1.807, 2.05) is 37.3 Å². The zero-order valence-electron chi connectivity index (χ0n) is 14.9. The minimum Gasteiger partial charge on any atom is -0.458 e. The normalized spacial score (nSPS) is 13.5. The molecule has 24 heavy (non-hydrogen) atoms. The van der Waals surface area contributed by atoms with Crippen LogP contribution >= 0.6 is 0 Å². The van der Waals surface area contributed by atoms with Gasteiger partial charge in [0.25, 0.3) is 0 Å². The monoisotopic (exact) mass is 333 g/mol. The Bertz CT molecular complexity index is 548. The molecule has 1 aromatic rings. The number of ether oxygens (including phenoxy) is 2. The fourth-order valence-corrected chi connectivity index (χ4v) is 2.09. The van der Waals surface area contributed by atoms with E-state index in [4.69, 9.17) is 9.47 Å². The van der Waals surface area contributed by atoms with Crippen LogP contribution in [0.2, 0.25) is 0 Å². The van der Waals surface area contributed by atoms with Gasteiger partial charge in [0.2, 0.25) is 0 Å². The van der Waals surface area contributed by atoms with Crippen LogP contribution in [0.3, 0.4) is 0 Å². The van der Waals surface area contributed by atoms with Crippen LogP contribution in [0.4, 0.5) is 4.79 Å². The first-order valence-electron chi connectivity index (χ1n) is 8.04. The molecule has 0 saturated carbocycles. The van der Waals surface area contributed by atoms with Crippen LogP contribution in [0.5, 0.6) is 0 Å². The zero-order valence-corrected chi connectivity index (χ0v) is 14.9. The number of esters is 1. The molecule has 1 N–H and O–H groups in total. The summed E-state index contributed by atoms with van der Waals surface area (Å²) in [7, 11) is 0. The quantitative estimate of drug-likeness (QED) is 0.608. The summed E-state index contributed by atoms with van der Waals surface area (Å²) in [5.41, 5.74) is 0.249. The molecule has 0 fully saturated rings. The Balaban J connectivity index is 2.67. The molecule has 1 rings (SSSR count). The van der Waals surface area contributed by atoms with E-state index in [1.54, 1.807) is 26.8 Å². The van der Waals surface area contributed by atoms with Gasteiger partial charge in [-0.3, -0.25) is 0 Å². The van der Waals surface area contributed by atoms with Crippen LogP contribution in [0.15, 0.2) is 43.0 Å². The highest BCUT2D eigenvalue weighted by atomic mass is 16.6. The molecule has 0 bridgehead atoms. The van der Waals surface area contributed by atoms with Gasteiger partial charge in [-0.15, -0.1) is 6.58 Å². The molecule has 0 radical (unpaired) electrons. The molecule has 0 aliphatic rings. The molecule has 0 spiro atoms. The van der Waals surface area contributed by atoms with E-state index < -0.39 is 23.7 Å². The number of amides is 1. The van der Waals surface area contributed by atoms with Crippen molar-refractivity contribution in [3.05, 3.63) is 48.6 Å². The third-order valence-electron chi connectivity index (χ3n) is 3.25. The number of alkyl carbamates (subject to hydrolysis) is 1. The second kappa shape index (κ2) is 9.11. The van der Waals surface area contributed by atoms with Crippen LogP contribution in [-0.2, 0) is 20.9 Å². The number of rotatable bonds is 7. The van der Waals surface area contributed by atoms with Gasteiger partial charge in [-0.05, 0) is 38.7 Å². The van der Waals surface area contributed by atoms with Gasteiger partial charge >= 0.3 is 12.1 Å². The maximum absolute atomic E-state index is 12.4. The van der Waals surface area contributed by atoms with Crippen LogP contribution in [0, 0.1) is 5.92 Å². The Labute approximate surface area is 144 Å². The van der Waals surface area contributed by atoms with Gasteiger partial charge in [-0.1, -0.05) is 43.3 Å². The van der Waals surface area contributed by atoms with Crippen molar-refractivity contribution in [3.63, 3.8) is 0 Å². The van der Waals surface area contributed by atoms with Crippen molar-refractivity contribution in [2.24, 2.45) is 5.92 Å². The summed E-state index contributed by atoms with van der Waals surface area (Å²) in [6.45, 7) is 11.0. The van der Waals surface area contributed by atoms with E-state index in [0.29, 0.717) is 6.42 Å². The fourth-order valence-electron chi connectivity index (χ4n) is 2.09. The standard InChI is InChI=1S/C19H27NO4/c1-6-10-14(2)16(17(21)24-19(3,4)5)20-18(22)23-13-15-11-8-7-9-12-15/h6-9,11-12,14,16H,1,10,13H2,2-5H3,(H,20,22)/t14-,16+/m1/s1. The van der Waals surface area contributed by atoms with E-state index in [0.717, 1.165) is 5.56 Å². The van der Waals surface area contributed by atoms with Gasteiger partial charge in [-0.2, -0.15) is 0 Å². The second-order valence-corrected chi connectivity index (χ2v) is 6.72. The first-order chi connectivity index (χ1) is 11.2. The molecule has 0 aliphatic carbocycles. The van der Waals surface area contributed by atoms with Gasteiger partial charge in [0, 0.05) is 0 Å². The lowest BCUT2D eigenvalue weighted by molar-refractivity contribution is -0.158. The van der Waals surface area contributed by atoms with Crippen LogP contribution in [0.25, 0.3) is 0 Å². The highest BCUT2D eigenvalue weighted by molar-refractivity contribution is 5.82. The topological polar surface area (TPSA) is 64.6 Å². The summed E-state index contributed by atoms with van der Waals surface area (Å²) < 4.78 is 10.6. The number of nitrogens with one attached hydrogen (secondary N) is 1. The molecule has 0 heterocycles. The first kappa shape index (κ1) is 19.7. The predicted octanol–water partition coefficient (Wildman–Crippen LogP) is 3.84. The molecule has 1 amide bonds. The molecule has 0 aromatic heterocycles. The minimum atomic E-state index is -0.787. The summed E-state index contributed by atoms with van der Waals surface area (Å²) in [6.07, 6.45) is 1.63. The molecule has 0 aliphatic heterocycles. The second-order valence-electron chi connectivity index (χ2n) is 6.72. The third-order valence-corrected chi connectivity index (χ3v) is 3.25. The number of carbonyl (C=O) groups is 2. The van der Waals surface area contributed by atoms with E-state index in [-0.39, 0.29) is 12.5 Å². The van der Waals surface area contributed by atoms with Crippen molar-refractivity contribution in [1.29, 1.82) is 0 Å². The molecular formula is C19H27NO4. The van der Waals surface area contributed by atoms with Gasteiger partial charge in [-0.25, -0.2) is 9.59 Å². The van der Waals surface area contributed by atoms with E-state index in [2.05, 4.69) is 11.9 Å². The highest BCUT2D eigenvalue weighted by Crippen LogP contribution is 2.15. The predicted molar refractivity (Wildman–Crippen MR) is 93.4 cm³/mol. The number of hydrogen-bond donors (Lipinski definition) is 1. The van der Waals surface area contributed by atoms with Crippen molar-refractivity contribution in [3.8, 4) is 0 Å². The summed E-state index contributed by atoms with van der Waals surface area (Å²) >= 11 is 0. The first-order valence-corrected chi connectivity index (χ1v) is 8.04. The largest absolute Gasteiger partial charge is 0.458 e. The molecule has 0 saturated heterocycles. The molecule has 5 heteroatoms. The molecule has 2 atom stereocenters. The molecule has 0 unspecified atom stereocenters. The van der Waals surface area contributed by atoms with Crippen molar-refractivity contribution in [1.82, 2.24) is 5.32 Å². The lowest BCUT2D eigenvalue weighted by atomic mass is 9.98. The lowest BCUT2D eigenvalue weighted by Crippen LogP contribution is -2.48. The zero-order chi connectivity index (χ0) is 18.2. The van der Waals surface area contributed by atoms with Crippen molar-refractivity contribution in [2.75, 3.05) is 0 Å². The Morgan fingerprint density at radius 3 is 2.42 bits per heavy atom. The van der Waals surface area contributed by atoms with Crippen molar-refractivity contribution >= 4 is 12.1 Å². The minimum absolute atomic E-state index is 0.142. The average Bonchev–Trinajstić information content (AvgIpc) is 2.50. The van der Waals surface area contributed by atoms with Crippen molar-refractivity contribution < 1.29 is 19.1 Å². The number of carbonyl (C=O) groups excluding carboxylic acids is 2. The summed E-state index contributed by atoms with van der Waals surface area (Å²) in [5.74, 6) is -0.630. The summed E-state index contributed by atoms with van der Waals surface area (Å²) in [5, 5.41) is 2.61. The van der Waals surface area contributed by atoms with Gasteiger partial charge in [0.15, 0.2) is 0 Å². The smallest absolute Gasteiger partial charge is 0.408 e. The average molecular weight is 333 g/mol. The van der Waals surface area contributed by atoms with E-state index in [9.17, 15) is 9.59 Å². The van der Waals surface area contributed by atoms with Crippen molar-refractivity contribution in [2.45, 2.75) is 52.4 Å². The Kier molecular flexibility index (Phi) is 7.49. The molecule has 132 valence electrons. The van der Waals surface area contributed by atoms with Crippen LogP contribution < -0.4 is 5.32 Å². The molecule has 5 nitrogen and oxygen atoms in total. The maximum atomic E-state index is 12.4. The number of hydrogen-bond acceptors (Lipinski definition) is 4. The number of benzene rings is 1. The van der Waals surface area contributed by atoms with Gasteiger partial charge in [0.1, 0.15) is 18.2 Å². The van der Waals surface area contributed by atoms with E-state index >= 15 is 0 Å². The maximum Gasteiger partial charge on any atom is 0.408 e. The van der Waals surface area contributed by atoms with Gasteiger partial charge < -0.3 is 14.8 Å². The summed E-state index contributed by atoms with van der Waals surface area (Å²) in [4.78, 5) is 24.4. The van der Waals surface area contributed by atoms with Crippen LogP contribution in [0.1, 0.15) is 39.7 Å². The molecular weight excluding hydrogens is 306 g/mol. The number of allylic oxidation sites excluding steroid dienone is 1. The van der Waals surface area contributed by atoms with Crippen LogP contribution in [-0.4, -0.2) is 23.7 Å².